The van der Waals surface area contributed by atoms with Crippen molar-refractivity contribution < 1.29 is 23.0 Å². The fraction of sp³-hybridized carbons (Fsp3) is 0.647. The molecule has 1 N–H and O–H groups in total. The number of likely N-dealkylation sites (tertiary alicyclic amines) is 1. The summed E-state index contributed by atoms with van der Waals surface area (Å²) in [7, 11) is 0. The summed E-state index contributed by atoms with van der Waals surface area (Å²) in [5.41, 5.74) is 0.758. The first-order chi connectivity index (χ1) is 10.8. The van der Waals surface area contributed by atoms with Gasteiger partial charge in [0.05, 0.1) is 0 Å². The normalized spacial score (nSPS) is 22.5. The number of ether oxygens (including phenoxy) is 1. The van der Waals surface area contributed by atoms with Crippen LogP contribution in [-0.4, -0.2) is 41.5 Å². The van der Waals surface area contributed by atoms with Gasteiger partial charge in [0.1, 0.15) is 5.75 Å². The number of benzene rings is 1. The monoisotopic (exact) mass is 331 g/mol. The van der Waals surface area contributed by atoms with Gasteiger partial charge in [-0.1, -0.05) is 18.2 Å². The van der Waals surface area contributed by atoms with Crippen molar-refractivity contribution in [3.63, 3.8) is 0 Å². The van der Waals surface area contributed by atoms with Gasteiger partial charge in [-0.05, 0) is 45.2 Å². The number of aliphatic hydroxyl groups excluding tert-OH is 1. The zero-order valence-corrected chi connectivity index (χ0v) is 13.4. The summed E-state index contributed by atoms with van der Waals surface area (Å²) >= 11 is 0. The maximum absolute atomic E-state index is 12.4. The van der Waals surface area contributed by atoms with Crippen LogP contribution in [0.25, 0.3) is 0 Å². The largest absolute Gasteiger partial charge is 0.484 e. The second-order valence-electron chi connectivity index (χ2n) is 6.36. The molecule has 6 heteroatoms. The van der Waals surface area contributed by atoms with Crippen LogP contribution in [0.2, 0.25) is 0 Å². The van der Waals surface area contributed by atoms with Gasteiger partial charge in [-0.2, -0.15) is 13.2 Å². The van der Waals surface area contributed by atoms with Crippen LogP contribution < -0.4 is 4.74 Å². The Labute approximate surface area is 135 Å². The van der Waals surface area contributed by atoms with E-state index in [9.17, 15) is 13.2 Å². The molecule has 23 heavy (non-hydrogen) atoms. The van der Waals surface area contributed by atoms with Gasteiger partial charge in [-0.25, -0.2) is 0 Å². The Morgan fingerprint density at radius 2 is 2.04 bits per heavy atom. The minimum absolute atomic E-state index is 0.0140. The lowest BCUT2D eigenvalue weighted by Gasteiger charge is -2.35. The van der Waals surface area contributed by atoms with E-state index < -0.39 is 12.8 Å². The minimum Gasteiger partial charge on any atom is -0.484 e. The number of aliphatic hydroxyl groups is 1. The average molecular weight is 331 g/mol. The molecule has 0 radical (unpaired) electrons. The maximum atomic E-state index is 12.4. The number of nitrogens with zero attached hydrogens (tertiary/aromatic N) is 1. The van der Waals surface area contributed by atoms with Crippen molar-refractivity contribution in [1.82, 2.24) is 4.90 Å². The molecule has 1 aromatic carbocycles. The average Bonchev–Trinajstić information content (AvgIpc) is 2.85. The van der Waals surface area contributed by atoms with E-state index in [-0.39, 0.29) is 12.1 Å². The summed E-state index contributed by atoms with van der Waals surface area (Å²) in [6.07, 6.45) is -0.614. The van der Waals surface area contributed by atoms with E-state index in [0.29, 0.717) is 12.3 Å². The Morgan fingerprint density at radius 1 is 1.30 bits per heavy atom. The van der Waals surface area contributed by atoms with Gasteiger partial charge < -0.3 is 9.84 Å². The lowest BCUT2D eigenvalue weighted by atomic mass is 9.92. The van der Waals surface area contributed by atoms with Crippen molar-refractivity contribution in [2.45, 2.75) is 50.9 Å². The summed E-state index contributed by atoms with van der Waals surface area (Å²) in [5.74, 6) is 0.293. The van der Waals surface area contributed by atoms with Gasteiger partial charge in [0.25, 0.3) is 0 Å². The fourth-order valence-corrected chi connectivity index (χ4v) is 3.23. The van der Waals surface area contributed by atoms with Crippen LogP contribution in [-0.2, 0) is 6.54 Å². The quantitative estimate of drug-likeness (QED) is 0.826. The van der Waals surface area contributed by atoms with Gasteiger partial charge in [0.2, 0.25) is 0 Å². The highest BCUT2D eigenvalue weighted by Gasteiger charge is 2.36. The molecule has 1 saturated heterocycles. The zero-order valence-electron chi connectivity index (χ0n) is 13.4. The van der Waals surface area contributed by atoms with Crippen LogP contribution in [0, 0.1) is 0 Å². The molecule has 1 aromatic rings. The number of para-hydroxylation sites is 1. The third-order valence-electron chi connectivity index (χ3n) is 4.51. The van der Waals surface area contributed by atoms with E-state index in [0.717, 1.165) is 37.8 Å². The highest BCUT2D eigenvalue weighted by atomic mass is 19.4. The molecule has 1 aliphatic rings. The molecule has 0 aliphatic carbocycles. The molecule has 0 bridgehead atoms. The summed E-state index contributed by atoms with van der Waals surface area (Å²) in [6, 6.07) is 6.90. The molecule has 0 amide bonds. The third kappa shape index (κ3) is 5.11. The fourth-order valence-electron chi connectivity index (χ4n) is 3.23. The van der Waals surface area contributed by atoms with Crippen molar-refractivity contribution in [1.29, 1.82) is 0 Å². The van der Waals surface area contributed by atoms with E-state index in [1.807, 2.05) is 12.1 Å². The van der Waals surface area contributed by atoms with E-state index in [1.54, 1.807) is 12.1 Å². The van der Waals surface area contributed by atoms with Crippen LogP contribution in [0.5, 0.6) is 5.75 Å². The van der Waals surface area contributed by atoms with Crippen molar-refractivity contribution in [2.75, 3.05) is 19.8 Å². The molecule has 0 unspecified atom stereocenters. The predicted octanol–water partition coefficient (Wildman–Crippen LogP) is 3.75. The predicted molar refractivity (Wildman–Crippen MR) is 82.4 cm³/mol. The number of hydrogen-bond acceptors (Lipinski definition) is 3. The second kappa shape index (κ2) is 7.53. The van der Waals surface area contributed by atoms with E-state index in [4.69, 9.17) is 9.84 Å². The number of hydrogen-bond donors (Lipinski definition) is 1. The molecule has 3 nitrogen and oxygen atoms in total. The molecule has 1 atom stereocenters. The summed E-state index contributed by atoms with van der Waals surface area (Å²) in [4.78, 5) is 2.29. The van der Waals surface area contributed by atoms with Crippen LogP contribution in [0.3, 0.4) is 0 Å². The first-order valence-electron chi connectivity index (χ1n) is 7.97. The molecule has 1 aliphatic heterocycles. The highest BCUT2D eigenvalue weighted by molar-refractivity contribution is 5.33. The minimum atomic E-state index is -4.34. The maximum Gasteiger partial charge on any atom is 0.422 e. The Kier molecular flexibility index (Phi) is 5.92. The summed E-state index contributed by atoms with van der Waals surface area (Å²) < 4.78 is 42.1. The molecular formula is C17H24F3NO2. The summed E-state index contributed by atoms with van der Waals surface area (Å²) in [5, 5.41) is 9.06. The molecule has 1 fully saturated rings. The number of alkyl halides is 3. The molecule has 0 saturated carbocycles. The zero-order chi connectivity index (χ0) is 16.9. The lowest BCUT2D eigenvalue weighted by molar-refractivity contribution is -0.153. The molecule has 1 heterocycles. The van der Waals surface area contributed by atoms with Crippen LogP contribution >= 0.6 is 0 Å². The van der Waals surface area contributed by atoms with Crippen molar-refractivity contribution in [2.24, 2.45) is 0 Å². The second-order valence-corrected chi connectivity index (χ2v) is 6.36. The highest BCUT2D eigenvalue weighted by Crippen LogP contribution is 2.35. The molecule has 0 spiro atoms. The van der Waals surface area contributed by atoms with Gasteiger partial charge in [-0.3, -0.25) is 4.90 Å². The van der Waals surface area contributed by atoms with Crippen molar-refractivity contribution in [3.8, 4) is 5.75 Å². The lowest BCUT2D eigenvalue weighted by Crippen LogP contribution is -2.40. The topological polar surface area (TPSA) is 32.7 Å². The molecule has 130 valence electrons. The molecule has 0 aromatic heterocycles. The van der Waals surface area contributed by atoms with Crippen LogP contribution in [0.1, 0.15) is 38.2 Å². The first kappa shape index (κ1) is 18.1. The Bertz CT molecular complexity index is 507. The standard InChI is InChI=1S/C17H24F3NO2/c1-16(9-5-11-22)8-4-10-21(16)12-14-6-2-3-7-15(14)23-13-17(18,19)20/h2-3,6-7,22H,4-5,8-13H2,1H3/t16-/m1/s1. The first-order valence-corrected chi connectivity index (χ1v) is 7.97. The van der Waals surface area contributed by atoms with Crippen molar-refractivity contribution >= 4 is 0 Å². The molecule has 2 rings (SSSR count). The van der Waals surface area contributed by atoms with Crippen LogP contribution in [0.15, 0.2) is 24.3 Å². The van der Waals surface area contributed by atoms with Gasteiger partial charge in [0, 0.05) is 24.3 Å². The molecular weight excluding hydrogens is 307 g/mol. The van der Waals surface area contributed by atoms with E-state index in [2.05, 4.69) is 11.8 Å². The number of halogens is 3. The SMILES string of the molecule is C[C@]1(CCCO)CCCN1Cc1ccccc1OCC(F)(F)F. The Balaban J connectivity index is 2.07. The number of rotatable bonds is 7. The van der Waals surface area contributed by atoms with Gasteiger partial charge in [-0.15, -0.1) is 0 Å². The summed E-state index contributed by atoms with van der Waals surface area (Å²) in [6.45, 7) is 2.53. The van der Waals surface area contributed by atoms with Crippen molar-refractivity contribution in [3.05, 3.63) is 29.8 Å². The Hall–Kier alpha value is -1.27. The smallest absolute Gasteiger partial charge is 0.422 e. The van der Waals surface area contributed by atoms with E-state index >= 15 is 0 Å². The van der Waals surface area contributed by atoms with Crippen LogP contribution in [0.4, 0.5) is 13.2 Å². The van der Waals surface area contributed by atoms with Gasteiger partial charge >= 0.3 is 6.18 Å². The van der Waals surface area contributed by atoms with Gasteiger partial charge in [0.15, 0.2) is 6.61 Å². The van der Waals surface area contributed by atoms with E-state index in [1.165, 1.54) is 0 Å². The Morgan fingerprint density at radius 3 is 2.74 bits per heavy atom. The third-order valence-corrected chi connectivity index (χ3v) is 4.51.